The minimum absolute atomic E-state index is 0.199. The molecule has 2 aliphatic heterocycles. The number of alkyl halides is 3. The number of carbonyl (C=O) groups excluding carboxylic acids is 1. The summed E-state index contributed by atoms with van der Waals surface area (Å²) in [6.45, 7) is 4.26. The molecule has 2 heterocycles. The number of amidine groups is 2. The summed E-state index contributed by atoms with van der Waals surface area (Å²) in [5.41, 5.74) is 1.27. The molecule has 1 amide bonds. The van der Waals surface area contributed by atoms with Crippen molar-refractivity contribution in [1.82, 2.24) is 5.01 Å². The van der Waals surface area contributed by atoms with E-state index in [1.807, 2.05) is 46.9 Å². The number of benzene rings is 2. The number of allylic oxidation sites excluding steroid dienone is 1. The highest BCUT2D eigenvalue weighted by Gasteiger charge is 2.46. The number of hydrazone groups is 1. The van der Waals surface area contributed by atoms with Gasteiger partial charge in [-0.05, 0) is 76.2 Å². The zero-order chi connectivity index (χ0) is 27.4. The van der Waals surface area contributed by atoms with Crippen molar-refractivity contribution < 1.29 is 32.2 Å². The molecule has 8 nitrogen and oxygen atoms in total. The molecule has 0 fully saturated rings. The van der Waals surface area contributed by atoms with Crippen molar-refractivity contribution in [1.29, 1.82) is 5.41 Å². The van der Waals surface area contributed by atoms with Gasteiger partial charge in [0.2, 0.25) is 10.2 Å². The second-order valence-electron chi connectivity index (χ2n) is 7.75. The number of amides is 1. The number of nitrogens with one attached hydrogen (secondary N) is 1. The van der Waals surface area contributed by atoms with E-state index in [0.717, 1.165) is 11.3 Å². The number of halogens is 4. The number of hydrogen-bond donors (Lipinski definition) is 1. The van der Waals surface area contributed by atoms with Crippen molar-refractivity contribution in [2.45, 2.75) is 12.6 Å². The molecule has 2 aliphatic rings. The van der Waals surface area contributed by atoms with E-state index in [2.05, 4.69) is 16.7 Å². The number of ether oxygens (including phenoxy) is 3. The molecule has 0 unspecified atom stereocenters. The molecule has 4 rings (SSSR count). The molecule has 0 bridgehead atoms. The Kier molecular flexibility index (Phi) is 8.45. The average molecular weight is 656 g/mol. The first kappa shape index (κ1) is 27.7. The van der Waals surface area contributed by atoms with Crippen LogP contribution in [0.2, 0.25) is 0 Å². The third-order valence-electron chi connectivity index (χ3n) is 5.18. The van der Waals surface area contributed by atoms with Crippen LogP contribution in [0.15, 0.2) is 64.7 Å². The number of rotatable bonds is 9. The highest BCUT2D eigenvalue weighted by atomic mass is 127. The van der Waals surface area contributed by atoms with Crippen LogP contribution in [0.1, 0.15) is 11.1 Å². The molecule has 1 N–H and O–H groups in total. The molecular weight excluding hydrogens is 636 g/mol. The van der Waals surface area contributed by atoms with Gasteiger partial charge in [-0.3, -0.25) is 10.2 Å². The number of thioether (sulfide) groups is 1. The van der Waals surface area contributed by atoms with E-state index < -0.39 is 23.0 Å². The SMILES string of the molecule is C=CCc1ccccc1OCCOc1c(I)cc(/C=C2/C(=N)N3N=C(C(F)(F)F)SC3=NC2=O)cc1OC. The average Bonchev–Trinajstić information content (AvgIpc) is 3.31. The lowest BCUT2D eigenvalue weighted by Gasteiger charge is -2.20. The van der Waals surface area contributed by atoms with Gasteiger partial charge in [0.05, 0.1) is 16.3 Å². The number of fused-ring (bicyclic) bond motifs is 1. The number of aliphatic imine (C=N–C) groups is 1. The molecule has 38 heavy (non-hydrogen) atoms. The maximum atomic E-state index is 13.0. The summed E-state index contributed by atoms with van der Waals surface area (Å²) in [7, 11) is 1.45. The molecule has 13 heteroatoms. The number of methoxy groups -OCH3 is 1. The summed E-state index contributed by atoms with van der Waals surface area (Å²) in [4.78, 5) is 16.2. The lowest BCUT2D eigenvalue weighted by Crippen LogP contribution is -2.35. The van der Waals surface area contributed by atoms with Crippen LogP contribution in [0.25, 0.3) is 6.08 Å². The van der Waals surface area contributed by atoms with Crippen LogP contribution in [0.4, 0.5) is 13.2 Å². The molecule has 0 atom stereocenters. The molecule has 0 radical (unpaired) electrons. The van der Waals surface area contributed by atoms with E-state index in [1.54, 1.807) is 18.2 Å². The molecule has 198 valence electrons. The monoisotopic (exact) mass is 656 g/mol. The summed E-state index contributed by atoms with van der Waals surface area (Å²) < 4.78 is 57.0. The summed E-state index contributed by atoms with van der Waals surface area (Å²) in [6, 6.07) is 10.9. The van der Waals surface area contributed by atoms with Crippen LogP contribution in [0.3, 0.4) is 0 Å². The van der Waals surface area contributed by atoms with Crippen LogP contribution in [-0.4, -0.2) is 53.5 Å². The highest BCUT2D eigenvalue weighted by Crippen LogP contribution is 2.37. The fraction of sp³-hybridized carbons (Fsp3) is 0.200. The molecule has 2 aromatic rings. The first-order valence-electron chi connectivity index (χ1n) is 11.0. The van der Waals surface area contributed by atoms with E-state index in [4.69, 9.17) is 19.6 Å². The number of carbonyl (C=O) groups is 1. The van der Waals surface area contributed by atoms with E-state index >= 15 is 0 Å². The number of hydrogen-bond acceptors (Lipinski definition) is 7. The van der Waals surface area contributed by atoms with E-state index in [1.165, 1.54) is 13.2 Å². The third kappa shape index (κ3) is 6.04. The topological polar surface area (TPSA) is 96.6 Å². The Bertz CT molecular complexity index is 1390. The normalized spacial score (nSPS) is 16.2. The molecular formula is C25H20F3IN4O4S. The second kappa shape index (κ2) is 11.6. The first-order valence-corrected chi connectivity index (χ1v) is 12.9. The van der Waals surface area contributed by atoms with Crippen molar-refractivity contribution in [2.75, 3.05) is 20.3 Å². The molecule has 0 aromatic heterocycles. The van der Waals surface area contributed by atoms with Gasteiger partial charge in [0.1, 0.15) is 19.0 Å². The van der Waals surface area contributed by atoms with Gasteiger partial charge in [0.15, 0.2) is 17.3 Å². The van der Waals surface area contributed by atoms with Crippen molar-refractivity contribution in [2.24, 2.45) is 10.1 Å². The van der Waals surface area contributed by atoms with Gasteiger partial charge in [-0.25, -0.2) is 0 Å². The smallest absolute Gasteiger partial charge is 0.441 e. The van der Waals surface area contributed by atoms with Gasteiger partial charge >= 0.3 is 6.18 Å². The number of para-hydroxylation sites is 1. The van der Waals surface area contributed by atoms with Crippen LogP contribution in [-0.2, 0) is 11.2 Å². The molecule has 0 saturated carbocycles. The molecule has 2 aromatic carbocycles. The highest BCUT2D eigenvalue weighted by molar-refractivity contribution is 14.1. The van der Waals surface area contributed by atoms with Crippen molar-refractivity contribution >= 4 is 62.4 Å². The van der Waals surface area contributed by atoms with Crippen molar-refractivity contribution in [3.63, 3.8) is 0 Å². The number of nitrogens with zero attached hydrogens (tertiary/aromatic N) is 3. The van der Waals surface area contributed by atoms with Crippen LogP contribution in [0.5, 0.6) is 17.2 Å². The van der Waals surface area contributed by atoms with Gasteiger partial charge in [-0.1, -0.05) is 24.3 Å². The zero-order valence-corrected chi connectivity index (χ0v) is 22.8. The van der Waals surface area contributed by atoms with Gasteiger partial charge < -0.3 is 14.2 Å². The third-order valence-corrected chi connectivity index (χ3v) is 6.94. The molecule has 0 spiro atoms. The van der Waals surface area contributed by atoms with E-state index in [-0.39, 0.29) is 35.7 Å². The standard InChI is InChI=1S/C25H20F3IN4O4S/c1-3-6-15-7-4-5-8-18(15)36-9-10-37-20-17(29)12-14(13-19(20)35-2)11-16-21(30)33-24(31-22(16)34)38-23(32-33)25(26,27)28/h3-5,7-8,11-13,30H,1,6,9-10H2,2H3/b16-11-,30-21?. The fourth-order valence-corrected chi connectivity index (χ4v) is 5.04. The van der Waals surface area contributed by atoms with Crippen molar-refractivity contribution in [3.05, 3.63) is 69.3 Å². The molecule has 0 aliphatic carbocycles. The lowest BCUT2D eigenvalue weighted by atomic mass is 10.1. The maximum Gasteiger partial charge on any atom is 0.441 e. The van der Waals surface area contributed by atoms with E-state index in [0.29, 0.717) is 32.1 Å². The maximum absolute atomic E-state index is 13.0. The Hall–Kier alpha value is -3.33. The first-order chi connectivity index (χ1) is 18.1. The Labute approximate surface area is 233 Å². The summed E-state index contributed by atoms with van der Waals surface area (Å²) >= 11 is 2.24. The summed E-state index contributed by atoms with van der Waals surface area (Å²) in [5.74, 6) is 0.224. The minimum atomic E-state index is -4.71. The van der Waals surface area contributed by atoms with Gasteiger partial charge in [0, 0.05) is 0 Å². The Morgan fingerprint density at radius 2 is 1.92 bits per heavy atom. The lowest BCUT2D eigenvalue weighted by molar-refractivity contribution is -0.114. The van der Waals surface area contributed by atoms with Gasteiger partial charge in [0.25, 0.3) is 5.91 Å². The van der Waals surface area contributed by atoms with Crippen molar-refractivity contribution in [3.8, 4) is 17.2 Å². The van der Waals surface area contributed by atoms with Gasteiger partial charge in [-0.15, -0.1) is 6.58 Å². The quantitative estimate of drug-likeness (QED) is 0.162. The van der Waals surface area contributed by atoms with Gasteiger partial charge in [-0.2, -0.15) is 28.3 Å². The summed E-state index contributed by atoms with van der Waals surface area (Å²) in [6.07, 6.45) is -0.881. The summed E-state index contributed by atoms with van der Waals surface area (Å²) in [5, 5.41) is 10.9. The Morgan fingerprint density at radius 3 is 2.63 bits per heavy atom. The predicted molar refractivity (Wildman–Crippen MR) is 148 cm³/mol. The minimum Gasteiger partial charge on any atom is -0.493 e. The van der Waals surface area contributed by atoms with E-state index in [9.17, 15) is 18.0 Å². The van der Waals surface area contributed by atoms with Crippen LogP contribution >= 0.6 is 34.4 Å². The Morgan fingerprint density at radius 1 is 1.18 bits per heavy atom. The predicted octanol–water partition coefficient (Wildman–Crippen LogP) is 5.67. The zero-order valence-electron chi connectivity index (χ0n) is 19.8. The Balaban J connectivity index is 1.49. The second-order valence-corrected chi connectivity index (χ2v) is 9.87. The van der Waals surface area contributed by atoms with Crippen LogP contribution < -0.4 is 14.2 Å². The fourth-order valence-electron chi connectivity index (χ4n) is 3.50. The molecule has 0 saturated heterocycles. The largest absolute Gasteiger partial charge is 0.493 e. The van der Waals surface area contributed by atoms with Crippen LogP contribution in [0, 0.1) is 8.98 Å².